The number of aromatic nitrogens is 1. The molecule has 2 saturated heterocycles. The molecule has 0 aliphatic carbocycles. The first-order valence-electron chi connectivity index (χ1n) is 7.85. The van der Waals surface area contributed by atoms with Gasteiger partial charge in [-0.2, -0.15) is 0 Å². The van der Waals surface area contributed by atoms with Gasteiger partial charge in [-0.05, 0) is 24.6 Å². The molecule has 128 valence electrons. The summed E-state index contributed by atoms with van der Waals surface area (Å²) in [7, 11) is 1.59. The number of aliphatic hydroxyl groups is 1. The van der Waals surface area contributed by atoms with Crippen molar-refractivity contribution in [2.75, 3.05) is 25.2 Å². The fraction of sp³-hybridized carbons (Fsp3) is 0.500. The van der Waals surface area contributed by atoms with Gasteiger partial charge in [0.25, 0.3) is 0 Å². The Morgan fingerprint density at radius 1 is 1.46 bits per heavy atom. The first-order valence-corrected chi connectivity index (χ1v) is 8.67. The van der Waals surface area contributed by atoms with Gasteiger partial charge in [0, 0.05) is 19.2 Å². The molecule has 4 rings (SSSR count). The lowest BCUT2D eigenvalue weighted by atomic mass is 10.2. The van der Waals surface area contributed by atoms with Crippen molar-refractivity contribution in [3.8, 4) is 0 Å². The zero-order chi connectivity index (χ0) is 16.7. The summed E-state index contributed by atoms with van der Waals surface area (Å²) in [6.07, 6.45) is -0.0533. The summed E-state index contributed by atoms with van der Waals surface area (Å²) in [6, 6.07) is 5.71. The molecule has 2 aromatic rings. The number of ether oxygens (including phenoxy) is 3. The lowest BCUT2D eigenvalue weighted by Crippen LogP contribution is -2.25. The number of hydrogen-bond acceptors (Lipinski definition) is 7. The van der Waals surface area contributed by atoms with E-state index in [9.17, 15) is 9.90 Å². The van der Waals surface area contributed by atoms with E-state index < -0.39 is 6.29 Å². The molecule has 24 heavy (non-hydrogen) atoms. The smallest absolute Gasteiger partial charge is 0.414 e. The summed E-state index contributed by atoms with van der Waals surface area (Å²) in [5.74, 6) is 0. The minimum Gasteiger partial charge on any atom is -0.441 e. The summed E-state index contributed by atoms with van der Waals surface area (Å²) < 4.78 is 16.8. The molecule has 7 nitrogen and oxygen atoms in total. The van der Waals surface area contributed by atoms with E-state index in [-0.39, 0.29) is 18.3 Å². The number of aliphatic hydroxyl groups excluding tert-OH is 1. The van der Waals surface area contributed by atoms with E-state index in [0.29, 0.717) is 19.6 Å². The Morgan fingerprint density at radius 3 is 3.08 bits per heavy atom. The summed E-state index contributed by atoms with van der Waals surface area (Å²) >= 11 is 1.53. The van der Waals surface area contributed by atoms with Crippen LogP contribution in [0, 0.1) is 0 Å². The number of carbonyl (C=O) groups is 1. The lowest BCUT2D eigenvalue weighted by Gasteiger charge is -2.12. The Balaban J connectivity index is 1.58. The third-order valence-electron chi connectivity index (χ3n) is 4.20. The number of amides is 1. The van der Waals surface area contributed by atoms with E-state index in [1.54, 1.807) is 12.0 Å². The summed E-state index contributed by atoms with van der Waals surface area (Å²) in [4.78, 5) is 18.2. The Kier molecular flexibility index (Phi) is 4.13. The highest BCUT2D eigenvalue weighted by Crippen LogP contribution is 2.37. The zero-order valence-electron chi connectivity index (χ0n) is 13.2. The first kappa shape index (κ1) is 15.8. The topological polar surface area (TPSA) is 81.1 Å². The normalized spacial score (nSPS) is 27.2. The number of anilines is 1. The van der Waals surface area contributed by atoms with E-state index in [4.69, 9.17) is 14.2 Å². The van der Waals surface area contributed by atoms with Crippen LogP contribution in [0.1, 0.15) is 24.0 Å². The van der Waals surface area contributed by atoms with Crippen LogP contribution in [0.2, 0.25) is 0 Å². The second-order valence-electron chi connectivity index (χ2n) is 5.93. The number of cyclic esters (lactones) is 1. The van der Waals surface area contributed by atoms with Crippen LogP contribution < -0.4 is 4.90 Å². The number of carbonyl (C=O) groups excluding carboxylic acids is 1. The van der Waals surface area contributed by atoms with Crippen LogP contribution in [0.3, 0.4) is 0 Å². The molecule has 3 unspecified atom stereocenters. The average molecular weight is 350 g/mol. The van der Waals surface area contributed by atoms with Gasteiger partial charge in [-0.1, -0.05) is 0 Å². The van der Waals surface area contributed by atoms with Gasteiger partial charge in [-0.15, -0.1) is 11.3 Å². The SMILES string of the molecule is COCC1CN(c2ccc3nc(C4CCC(O)O4)sc3c2)C(=O)O1. The van der Waals surface area contributed by atoms with Crippen LogP contribution >= 0.6 is 11.3 Å². The lowest BCUT2D eigenvalue weighted by molar-refractivity contribution is -0.0913. The molecule has 2 aliphatic rings. The van der Waals surface area contributed by atoms with Gasteiger partial charge in [0.2, 0.25) is 0 Å². The van der Waals surface area contributed by atoms with Crippen molar-refractivity contribution >= 4 is 33.3 Å². The molecule has 2 aliphatic heterocycles. The van der Waals surface area contributed by atoms with Crippen LogP contribution in [0.15, 0.2) is 18.2 Å². The van der Waals surface area contributed by atoms with E-state index in [1.165, 1.54) is 11.3 Å². The van der Waals surface area contributed by atoms with Gasteiger partial charge in [0.15, 0.2) is 6.29 Å². The molecule has 3 heterocycles. The second-order valence-corrected chi connectivity index (χ2v) is 6.99. The molecule has 2 fully saturated rings. The van der Waals surface area contributed by atoms with E-state index in [1.807, 2.05) is 18.2 Å². The number of benzene rings is 1. The minimum atomic E-state index is -0.699. The molecule has 0 saturated carbocycles. The van der Waals surface area contributed by atoms with Gasteiger partial charge in [0.1, 0.15) is 17.2 Å². The molecule has 0 spiro atoms. The molecule has 1 aromatic heterocycles. The fourth-order valence-corrected chi connectivity index (χ4v) is 4.12. The second kappa shape index (κ2) is 6.29. The zero-order valence-corrected chi connectivity index (χ0v) is 14.0. The maximum absolute atomic E-state index is 12.0. The predicted octanol–water partition coefficient (Wildman–Crippen LogP) is 2.44. The fourth-order valence-electron chi connectivity index (χ4n) is 3.04. The van der Waals surface area contributed by atoms with Crippen molar-refractivity contribution in [3.63, 3.8) is 0 Å². The number of methoxy groups -OCH3 is 1. The van der Waals surface area contributed by atoms with Crippen LogP contribution in [-0.2, 0) is 14.2 Å². The highest BCUT2D eigenvalue weighted by molar-refractivity contribution is 7.18. The van der Waals surface area contributed by atoms with Crippen molar-refractivity contribution in [3.05, 3.63) is 23.2 Å². The van der Waals surface area contributed by atoms with E-state index in [0.717, 1.165) is 27.3 Å². The Hall–Kier alpha value is -1.74. The van der Waals surface area contributed by atoms with Crippen molar-refractivity contribution in [2.45, 2.75) is 31.3 Å². The number of hydrogen-bond donors (Lipinski definition) is 1. The number of nitrogens with zero attached hydrogens (tertiary/aromatic N) is 2. The van der Waals surface area contributed by atoms with Crippen LogP contribution in [0.25, 0.3) is 10.2 Å². The Labute approximate surface area is 142 Å². The molecule has 1 N–H and O–H groups in total. The number of fused-ring (bicyclic) bond motifs is 1. The molecule has 0 bridgehead atoms. The highest BCUT2D eigenvalue weighted by Gasteiger charge is 2.33. The van der Waals surface area contributed by atoms with Crippen molar-refractivity contribution in [1.29, 1.82) is 0 Å². The number of thiazole rings is 1. The third kappa shape index (κ3) is 2.86. The molecular weight excluding hydrogens is 332 g/mol. The van der Waals surface area contributed by atoms with E-state index >= 15 is 0 Å². The van der Waals surface area contributed by atoms with Crippen molar-refractivity contribution < 1.29 is 24.1 Å². The predicted molar refractivity (Wildman–Crippen MR) is 88.2 cm³/mol. The Morgan fingerprint density at radius 2 is 2.33 bits per heavy atom. The molecule has 0 radical (unpaired) electrons. The number of rotatable bonds is 4. The maximum Gasteiger partial charge on any atom is 0.414 e. The van der Waals surface area contributed by atoms with Gasteiger partial charge < -0.3 is 19.3 Å². The summed E-state index contributed by atoms with van der Waals surface area (Å²) in [5.41, 5.74) is 1.65. The minimum absolute atomic E-state index is 0.149. The van der Waals surface area contributed by atoms with Gasteiger partial charge >= 0.3 is 6.09 Å². The largest absolute Gasteiger partial charge is 0.441 e. The monoisotopic (exact) mass is 350 g/mol. The highest BCUT2D eigenvalue weighted by atomic mass is 32.1. The quantitative estimate of drug-likeness (QED) is 0.912. The van der Waals surface area contributed by atoms with E-state index in [2.05, 4.69) is 4.98 Å². The van der Waals surface area contributed by atoms with Crippen LogP contribution in [0.5, 0.6) is 0 Å². The van der Waals surface area contributed by atoms with Crippen molar-refractivity contribution in [2.24, 2.45) is 0 Å². The Bertz CT molecular complexity index is 764. The molecule has 1 aromatic carbocycles. The first-order chi connectivity index (χ1) is 11.6. The summed E-state index contributed by atoms with van der Waals surface area (Å²) in [6.45, 7) is 0.859. The molecule has 8 heteroatoms. The molecular formula is C16H18N2O5S. The van der Waals surface area contributed by atoms with Crippen LogP contribution in [-0.4, -0.2) is 48.8 Å². The maximum atomic E-state index is 12.0. The van der Waals surface area contributed by atoms with Gasteiger partial charge in [-0.3, -0.25) is 4.90 Å². The third-order valence-corrected chi connectivity index (χ3v) is 5.31. The molecule has 1 amide bonds. The van der Waals surface area contributed by atoms with Gasteiger partial charge in [0.05, 0.1) is 23.4 Å². The molecule has 3 atom stereocenters. The van der Waals surface area contributed by atoms with Gasteiger partial charge in [-0.25, -0.2) is 9.78 Å². The standard InChI is InChI=1S/C16H18N2O5S/c1-21-8-10-7-18(16(20)22-10)9-2-3-11-13(6-9)24-15(17-11)12-4-5-14(19)23-12/h2-3,6,10,12,14,19H,4-5,7-8H2,1H3. The van der Waals surface area contributed by atoms with Crippen molar-refractivity contribution in [1.82, 2.24) is 4.98 Å². The average Bonchev–Trinajstić information content (AvgIpc) is 3.25. The summed E-state index contributed by atoms with van der Waals surface area (Å²) in [5, 5.41) is 10.4. The van der Waals surface area contributed by atoms with Crippen LogP contribution in [0.4, 0.5) is 10.5 Å².